The number of furan rings is 1. The molecule has 158 valence electrons. The summed E-state index contributed by atoms with van der Waals surface area (Å²) in [6.45, 7) is 10.2. The second-order valence-corrected chi connectivity index (χ2v) is 8.19. The molecule has 1 aromatic rings. The quantitative estimate of drug-likeness (QED) is 0.253. The number of nitrogens with zero attached hydrogens (tertiary/aromatic N) is 2. The van der Waals surface area contributed by atoms with Crippen LogP contribution in [-0.4, -0.2) is 49.1 Å². The fourth-order valence-corrected chi connectivity index (χ4v) is 4.12. The first-order chi connectivity index (χ1) is 13.2. The van der Waals surface area contributed by atoms with Gasteiger partial charge >= 0.3 is 0 Å². The summed E-state index contributed by atoms with van der Waals surface area (Å²) in [5, 5.41) is 7.42. The first-order valence-corrected chi connectivity index (χ1v) is 10.7. The molecule has 1 saturated carbocycles. The monoisotopic (exact) mass is 500 g/mol. The summed E-state index contributed by atoms with van der Waals surface area (Å²) in [6, 6.07) is 5.04. The lowest BCUT2D eigenvalue weighted by Crippen LogP contribution is -2.51. The van der Waals surface area contributed by atoms with Gasteiger partial charge < -0.3 is 15.1 Å². The molecule has 5 nitrogen and oxygen atoms in total. The van der Waals surface area contributed by atoms with Crippen LogP contribution in [0.5, 0.6) is 0 Å². The van der Waals surface area contributed by atoms with Crippen molar-refractivity contribution < 1.29 is 4.42 Å². The van der Waals surface area contributed by atoms with Gasteiger partial charge in [0.15, 0.2) is 5.96 Å². The first-order valence-electron chi connectivity index (χ1n) is 10.7. The van der Waals surface area contributed by atoms with Crippen molar-refractivity contribution in [3.8, 4) is 0 Å². The highest BCUT2D eigenvalue weighted by Gasteiger charge is 2.21. The van der Waals surface area contributed by atoms with Gasteiger partial charge in [-0.25, -0.2) is 0 Å². The van der Waals surface area contributed by atoms with Crippen LogP contribution < -0.4 is 10.6 Å². The van der Waals surface area contributed by atoms with Gasteiger partial charge in [0.05, 0.1) is 6.26 Å². The predicted molar refractivity (Wildman–Crippen MR) is 128 cm³/mol. The molecule has 0 bridgehead atoms. The van der Waals surface area contributed by atoms with Crippen molar-refractivity contribution in [3.05, 3.63) is 36.3 Å². The number of piperidine rings is 1. The molecule has 0 atom stereocenters. The zero-order chi connectivity index (χ0) is 18.9. The molecule has 1 aliphatic heterocycles. The topological polar surface area (TPSA) is 52.8 Å². The zero-order valence-corrected chi connectivity index (χ0v) is 19.6. The van der Waals surface area contributed by atoms with Gasteiger partial charge in [-0.3, -0.25) is 9.89 Å². The number of halogens is 1. The summed E-state index contributed by atoms with van der Waals surface area (Å²) in [5.74, 6) is 2.00. The van der Waals surface area contributed by atoms with E-state index in [2.05, 4.69) is 29.0 Å². The Morgan fingerprint density at radius 3 is 2.43 bits per heavy atom. The number of hydrogen-bond donors (Lipinski definition) is 2. The second-order valence-electron chi connectivity index (χ2n) is 8.19. The Kier molecular flexibility index (Phi) is 10.4. The summed E-state index contributed by atoms with van der Waals surface area (Å²) < 4.78 is 5.44. The molecule has 3 rings (SSSR count). The summed E-state index contributed by atoms with van der Waals surface area (Å²) in [6.07, 6.45) is 11.5. The van der Waals surface area contributed by atoms with Crippen LogP contribution in [0.1, 0.15) is 57.6 Å². The molecule has 28 heavy (non-hydrogen) atoms. The zero-order valence-electron chi connectivity index (χ0n) is 17.3. The molecule has 2 heterocycles. The maximum atomic E-state index is 5.44. The van der Waals surface area contributed by atoms with Crippen molar-refractivity contribution in [2.45, 2.75) is 70.4 Å². The highest BCUT2D eigenvalue weighted by molar-refractivity contribution is 14.0. The summed E-state index contributed by atoms with van der Waals surface area (Å²) >= 11 is 0. The third kappa shape index (κ3) is 8.15. The molecule has 6 heteroatoms. The lowest BCUT2D eigenvalue weighted by Gasteiger charge is -2.34. The molecule has 2 fully saturated rings. The molecule has 0 amide bonds. The Morgan fingerprint density at radius 2 is 1.82 bits per heavy atom. The van der Waals surface area contributed by atoms with Gasteiger partial charge in [0.25, 0.3) is 0 Å². The van der Waals surface area contributed by atoms with Crippen LogP contribution in [0.3, 0.4) is 0 Å². The summed E-state index contributed by atoms with van der Waals surface area (Å²) in [4.78, 5) is 7.36. The van der Waals surface area contributed by atoms with Gasteiger partial charge in [0, 0.05) is 44.7 Å². The largest absolute Gasteiger partial charge is 0.469 e. The molecule has 0 aromatic carbocycles. The summed E-state index contributed by atoms with van der Waals surface area (Å²) in [5.41, 5.74) is 1.25. The van der Waals surface area contributed by atoms with E-state index in [0.717, 1.165) is 57.2 Å². The standard InChI is InChI=1S/C22H36N4O.HI/c1-18(2)17-26-14-11-20(12-15-26)25-22(24-19-7-4-3-5-8-19)23-13-10-21-9-6-16-27-21;/h6,9,16,19-20H,1,3-5,7-8,10-15,17H2,2H3,(H2,23,24,25);1H. The van der Waals surface area contributed by atoms with Crippen LogP contribution in [0.4, 0.5) is 0 Å². The number of likely N-dealkylation sites (tertiary alicyclic amines) is 1. The smallest absolute Gasteiger partial charge is 0.191 e. The fourth-order valence-electron chi connectivity index (χ4n) is 4.12. The van der Waals surface area contributed by atoms with Gasteiger partial charge in [0.2, 0.25) is 0 Å². The van der Waals surface area contributed by atoms with Crippen LogP contribution in [0.15, 0.2) is 40.0 Å². The maximum absolute atomic E-state index is 5.44. The van der Waals surface area contributed by atoms with Crippen LogP contribution in [0.2, 0.25) is 0 Å². The average Bonchev–Trinajstić information content (AvgIpc) is 3.17. The van der Waals surface area contributed by atoms with E-state index in [0.29, 0.717) is 12.1 Å². The predicted octanol–water partition coefficient (Wildman–Crippen LogP) is 4.35. The molecule has 2 aliphatic rings. The molecular formula is C22H37IN4O. The van der Waals surface area contributed by atoms with Crippen molar-refractivity contribution in [1.29, 1.82) is 0 Å². The van der Waals surface area contributed by atoms with Crippen molar-refractivity contribution in [3.63, 3.8) is 0 Å². The number of guanidine groups is 1. The molecule has 1 saturated heterocycles. The van der Waals surface area contributed by atoms with E-state index in [1.807, 2.05) is 12.1 Å². The van der Waals surface area contributed by atoms with E-state index in [1.165, 1.54) is 37.7 Å². The van der Waals surface area contributed by atoms with Gasteiger partial charge in [-0.1, -0.05) is 31.4 Å². The minimum Gasteiger partial charge on any atom is -0.469 e. The Bertz CT molecular complexity index is 588. The number of aliphatic imine (C=N–C) groups is 1. The molecule has 0 radical (unpaired) electrons. The van der Waals surface area contributed by atoms with Gasteiger partial charge in [-0.2, -0.15) is 0 Å². The third-order valence-electron chi connectivity index (χ3n) is 5.58. The molecule has 1 aromatic heterocycles. The van der Waals surface area contributed by atoms with Crippen molar-refractivity contribution in [2.24, 2.45) is 4.99 Å². The second kappa shape index (κ2) is 12.5. The van der Waals surface area contributed by atoms with Crippen molar-refractivity contribution in [2.75, 3.05) is 26.2 Å². The van der Waals surface area contributed by atoms with Crippen LogP contribution in [0, 0.1) is 0 Å². The molecule has 0 unspecified atom stereocenters. The number of rotatable bonds is 7. The Hall–Kier alpha value is -1.02. The van der Waals surface area contributed by atoms with Gasteiger partial charge in [-0.05, 0) is 44.7 Å². The molecule has 1 aliphatic carbocycles. The first kappa shape index (κ1) is 23.3. The Labute approximate surface area is 187 Å². The highest BCUT2D eigenvalue weighted by Crippen LogP contribution is 2.17. The lowest BCUT2D eigenvalue weighted by molar-refractivity contribution is 0.220. The Morgan fingerprint density at radius 1 is 1.14 bits per heavy atom. The SMILES string of the molecule is C=C(C)CN1CCC(NC(=NCCc2ccco2)NC2CCCCC2)CC1.I. The van der Waals surface area contributed by atoms with Crippen molar-refractivity contribution in [1.82, 2.24) is 15.5 Å². The van der Waals surface area contributed by atoms with E-state index in [9.17, 15) is 0 Å². The van der Waals surface area contributed by atoms with Crippen LogP contribution >= 0.6 is 24.0 Å². The number of hydrogen-bond acceptors (Lipinski definition) is 3. The molecular weight excluding hydrogens is 463 g/mol. The molecule has 0 spiro atoms. The van der Waals surface area contributed by atoms with Crippen LogP contribution in [0.25, 0.3) is 0 Å². The number of nitrogens with one attached hydrogen (secondary N) is 2. The normalized spacial score (nSPS) is 19.8. The van der Waals surface area contributed by atoms with E-state index in [4.69, 9.17) is 9.41 Å². The van der Waals surface area contributed by atoms with Gasteiger partial charge in [-0.15, -0.1) is 24.0 Å². The van der Waals surface area contributed by atoms with E-state index >= 15 is 0 Å². The minimum atomic E-state index is 0. The van der Waals surface area contributed by atoms with E-state index in [-0.39, 0.29) is 24.0 Å². The minimum absolute atomic E-state index is 0. The maximum Gasteiger partial charge on any atom is 0.191 e. The highest BCUT2D eigenvalue weighted by atomic mass is 127. The Balaban J connectivity index is 0.00000280. The van der Waals surface area contributed by atoms with Gasteiger partial charge in [0.1, 0.15) is 5.76 Å². The molecule has 2 N–H and O–H groups in total. The third-order valence-corrected chi connectivity index (χ3v) is 5.58. The van der Waals surface area contributed by atoms with E-state index in [1.54, 1.807) is 6.26 Å². The lowest BCUT2D eigenvalue weighted by atomic mass is 9.95. The van der Waals surface area contributed by atoms with E-state index < -0.39 is 0 Å². The fraction of sp³-hybridized carbons (Fsp3) is 0.682. The van der Waals surface area contributed by atoms with Crippen LogP contribution in [-0.2, 0) is 6.42 Å². The van der Waals surface area contributed by atoms with Crippen molar-refractivity contribution >= 4 is 29.9 Å². The summed E-state index contributed by atoms with van der Waals surface area (Å²) in [7, 11) is 0. The average molecular weight is 500 g/mol.